The molecule has 1 aliphatic heterocycles. The fourth-order valence-electron chi connectivity index (χ4n) is 2.35. The standard InChI is InChI=1S/C10H17N/c1-2-4-10(5-3-1)6-8-11-9-7-10/h1-2,11H,3-9H2. The molecule has 11 heavy (non-hydrogen) atoms. The number of rotatable bonds is 0. The molecule has 1 heteroatoms. The quantitative estimate of drug-likeness (QED) is 0.523. The van der Waals surface area contributed by atoms with Gasteiger partial charge in [0.05, 0.1) is 0 Å². The molecule has 1 heterocycles. The van der Waals surface area contributed by atoms with Crippen LogP contribution in [0.1, 0.15) is 32.1 Å². The van der Waals surface area contributed by atoms with Crippen LogP contribution in [-0.4, -0.2) is 13.1 Å². The highest BCUT2D eigenvalue weighted by Gasteiger charge is 2.31. The first-order chi connectivity index (χ1) is 5.41. The summed E-state index contributed by atoms with van der Waals surface area (Å²) in [6, 6.07) is 0. The van der Waals surface area contributed by atoms with Crippen LogP contribution in [0.5, 0.6) is 0 Å². The average molecular weight is 151 g/mol. The molecule has 2 aliphatic rings. The van der Waals surface area contributed by atoms with Crippen LogP contribution >= 0.6 is 0 Å². The SMILES string of the molecule is C1=CCC2(CC1)CCNCC2. The number of hydrogen-bond acceptors (Lipinski definition) is 1. The molecule has 0 radical (unpaired) electrons. The highest BCUT2D eigenvalue weighted by Crippen LogP contribution is 2.40. The summed E-state index contributed by atoms with van der Waals surface area (Å²) < 4.78 is 0. The molecular weight excluding hydrogens is 134 g/mol. The predicted molar refractivity (Wildman–Crippen MR) is 47.5 cm³/mol. The van der Waals surface area contributed by atoms with Crippen molar-refractivity contribution < 1.29 is 0 Å². The van der Waals surface area contributed by atoms with Crippen molar-refractivity contribution in [1.82, 2.24) is 5.32 Å². The lowest BCUT2D eigenvalue weighted by Gasteiger charge is -2.38. The molecule has 1 saturated heterocycles. The van der Waals surface area contributed by atoms with Crippen molar-refractivity contribution in [2.45, 2.75) is 32.1 Å². The first-order valence-electron chi connectivity index (χ1n) is 4.77. The normalized spacial score (nSPS) is 29.1. The molecule has 1 nitrogen and oxygen atoms in total. The topological polar surface area (TPSA) is 12.0 Å². The number of piperidine rings is 1. The van der Waals surface area contributed by atoms with Crippen LogP contribution in [0.2, 0.25) is 0 Å². The van der Waals surface area contributed by atoms with E-state index in [1.165, 1.54) is 45.2 Å². The zero-order valence-electron chi connectivity index (χ0n) is 7.10. The van der Waals surface area contributed by atoms with Gasteiger partial charge in [-0.15, -0.1) is 0 Å². The van der Waals surface area contributed by atoms with Crippen molar-refractivity contribution in [3.63, 3.8) is 0 Å². The number of allylic oxidation sites excluding steroid dienone is 2. The Balaban J connectivity index is 2.01. The third-order valence-corrected chi connectivity index (χ3v) is 3.22. The molecule has 0 unspecified atom stereocenters. The highest BCUT2D eigenvalue weighted by atomic mass is 14.9. The maximum atomic E-state index is 3.43. The second-order valence-electron chi connectivity index (χ2n) is 3.96. The van der Waals surface area contributed by atoms with Gasteiger partial charge in [-0.3, -0.25) is 0 Å². The van der Waals surface area contributed by atoms with Gasteiger partial charge in [0, 0.05) is 0 Å². The first kappa shape index (κ1) is 7.35. The van der Waals surface area contributed by atoms with E-state index < -0.39 is 0 Å². The van der Waals surface area contributed by atoms with Crippen molar-refractivity contribution in [3.05, 3.63) is 12.2 Å². The van der Waals surface area contributed by atoms with Crippen molar-refractivity contribution in [2.75, 3.05) is 13.1 Å². The van der Waals surface area contributed by atoms with Crippen LogP contribution < -0.4 is 5.32 Å². The van der Waals surface area contributed by atoms with Crippen molar-refractivity contribution in [1.29, 1.82) is 0 Å². The Bertz CT molecular complexity index is 154. The lowest BCUT2D eigenvalue weighted by atomic mass is 9.71. The Morgan fingerprint density at radius 2 is 1.82 bits per heavy atom. The summed E-state index contributed by atoms with van der Waals surface area (Å²) in [6.45, 7) is 2.49. The van der Waals surface area contributed by atoms with Crippen molar-refractivity contribution in [2.24, 2.45) is 5.41 Å². The van der Waals surface area contributed by atoms with Crippen molar-refractivity contribution in [3.8, 4) is 0 Å². The fraction of sp³-hybridized carbons (Fsp3) is 0.800. The monoisotopic (exact) mass is 151 g/mol. The largest absolute Gasteiger partial charge is 0.317 e. The molecule has 62 valence electrons. The van der Waals surface area contributed by atoms with E-state index in [2.05, 4.69) is 17.5 Å². The zero-order valence-corrected chi connectivity index (χ0v) is 7.10. The van der Waals surface area contributed by atoms with Gasteiger partial charge < -0.3 is 5.32 Å². The van der Waals surface area contributed by atoms with Gasteiger partial charge >= 0.3 is 0 Å². The maximum Gasteiger partial charge on any atom is -0.00435 e. The van der Waals surface area contributed by atoms with E-state index in [4.69, 9.17) is 0 Å². The maximum absolute atomic E-state index is 3.43. The average Bonchev–Trinajstić information content (AvgIpc) is 2.07. The van der Waals surface area contributed by atoms with E-state index >= 15 is 0 Å². The van der Waals surface area contributed by atoms with E-state index in [0.717, 1.165) is 0 Å². The minimum atomic E-state index is 0.708. The molecule has 0 amide bonds. The number of nitrogens with one attached hydrogen (secondary N) is 1. The van der Waals surface area contributed by atoms with Gasteiger partial charge in [0.2, 0.25) is 0 Å². The van der Waals surface area contributed by atoms with Crippen LogP contribution in [0.4, 0.5) is 0 Å². The third kappa shape index (κ3) is 1.48. The zero-order chi connectivity index (χ0) is 7.57. The molecule has 0 bridgehead atoms. The summed E-state index contributed by atoms with van der Waals surface area (Å²) in [5.41, 5.74) is 0.708. The van der Waals surface area contributed by atoms with Gasteiger partial charge in [-0.2, -0.15) is 0 Å². The molecule has 1 aliphatic carbocycles. The van der Waals surface area contributed by atoms with Crippen LogP contribution in [0, 0.1) is 5.41 Å². The Hall–Kier alpha value is -0.300. The molecule has 2 rings (SSSR count). The van der Waals surface area contributed by atoms with E-state index in [-0.39, 0.29) is 0 Å². The molecule has 0 aromatic heterocycles. The number of hydrogen-bond donors (Lipinski definition) is 1. The summed E-state index contributed by atoms with van der Waals surface area (Å²) in [6.07, 6.45) is 11.6. The molecule has 0 saturated carbocycles. The predicted octanol–water partition coefficient (Wildman–Crippen LogP) is 2.10. The summed E-state index contributed by atoms with van der Waals surface area (Å²) in [7, 11) is 0. The van der Waals surface area contributed by atoms with E-state index in [0.29, 0.717) is 5.41 Å². The van der Waals surface area contributed by atoms with Crippen molar-refractivity contribution >= 4 is 0 Å². The lowest BCUT2D eigenvalue weighted by molar-refractivity contribution is 0.182. The third-order valence-electron chi connectivity index (χ3n) is 3.22. The summed E-state index contributed by atoms with van der Waals surface area (Å²) in [5, 5.41) is 3.43. The minimum Gasteiger partial charge on any atom is -0.317 e. The molecule has 0 aromatic carbocycles. The second-order valence-corrected chi connectivity index (χ2v) is 3.96. The highest BCUT2D eigenvalue weighted by molar-refractivity contribution is 4.99. The van der Waals surface area contributed by atoms with E-state index in [9.17, 15) is 0 Å². The molecule has 1 spiro atoms. The lowest BCUT2D eigenvalue weighted by Crippen LogP contribution is -2.37. The van der Waals surface area contributed by atoms with Crippen LogP contribution in [0.15, 0.2) is 12.2 Å². The minimum absolute atomic E-state index is 0.708. The second kappa shape index (κ2) is 2.98. The Labute approximate surface area is 68.9 Å². The molecule has 0 aromatic rings. The van der Waals surface area contributed by atoms with E-state index in [1.807, 2.05) is 0 Å². The van der Waals surface area contributed by atoms with Crippen LogP contribution in [0.25, 0.3) is 0 Å². The smallest absolute Gasteiger partial charge is 0.00435 e. The van der Waals surface area contributed by atoms with Gasteiger partial charge in [0.25, 0.3) is 0 Å². The van der Waals surface area contributed by atoms with Gasteiger partial charge in [-0.05, 0) is 50.6 Å². The molecule has 1 N–H and O–H groups in total. The fourth-order valence-corrected chi connectivity index (χ4v) is 2.35. The van der Waals surface area contributed by atoms with Gasteiger partial charge in [-0.25, -0.2) is 0 Å². The van der Waals surface area contributed by atoms with Crippen LogP contribution in [0.3, 0.4) is 0 Å². The molecule has 1 fully saturated rings. The summed E-state index contributed by atoms with van der Waals surface area (Å²) in [5.74, 6) is 0. The summed E-state index contributed by atoms with van der Waals surface area (Å²) >= 11 is 0. The molecular formula is C10H17N. The van der Waals surface area contributed by atoms with Gasteiger partial charge in [0.15, 0.2) is 0 Å². The Kier molecular flexibility index (Phi) is 1.99. The van der Waals surface area contributed by atoms with Gasteiger partial charge in [-0.1, -0.05) is 12.2 Å². The van der Waals surface area contributed by atoms with Gasteiger partial charge in [0.1, 0.15) is 0 Å². The first-order valence-corrected chi connectivity index (χ1v) is 4.77. The Morgan fingerprint density at radius 3 is 2.45 bits per heavy atom. The summed E-state index contributed by atoms with van der Waals surface area (Å²) in [4.78, 5) is 0. The van der Waals surface area contributed by atoms with E-state index in [1.54, 1.807) is 0 Å². The van der Waals surface area contributed by atoms with Crippen LogP contribution in [-0.2, 0) is 0 Å². The molecule has 0 atom stereocenters. The Morgan fingerprint density at radius 1 is 1.00 bits per heavy atom.